The smallest absolute Gasteiger partial charge is 0.0340 e. The second-order valence-electron chi connectivity index (χ2n) is 4.41. The van der Waals surface area contributed by atoms with Crippen molar-refractivity contribution in [3.8, 4) is 0 Å². The molecule has 1 heterocycles. The van der Waals surface area contributed by atoms with Crippen LogP contribution in [0.15, 0.2) is 42.0 Å². The summed E-state index contributed by atoms with van der Waals surface area (Å²) in [5.41, 5.74) is 2.72. The van der Waals surface area contributed by atoms with E-state index in [4.69, 9.17) is 0 Å². The molecule has 0 spiro atoms. The molecule has 16 heavy (non-hydrogen) atoms. The van der Waals surface area contributed by atoms with Crippen molar-refractivity contribution in [1.82, 2.24) is 4.90 Å². The Morgan fingerprint density at radius 3 is 2.81 bits per heavy atom. The van der Waals surface area contributed by atoms with E-state index in [0.29, 0.717) is 0 Å². The van der Waals surface area contributed by atoms with Crippen LogP contribution in [0.4, 0.5) is 5.69 Å². The van der Waals surface area contributed by atoms with E-state index in [-0.39, 0.29) is 0 Å². The number of rotatable bonds is 4. The first-order valence-corrected chi connectivity index (χ1v) is 6.01. The van der Waals surface area contributed by atoms with E-state index in [2.05, 4.69) is 47.5 Å². The molecule has 1 N–H and O–H groups in total. The van der Waals surface area contributed by atoms with E-state index in [9.17, 15) is 0 Å². The van der Waals surface area contributed by atoms with E-state index in [1.807, 2.05) is 6.07 Å². The number of para-hydroxylation sites is 1. The van der Waals surface area contributed by atoms with E-state index in [1.54, 1.807) is 0 Å². The third-order valence-corrected chi connectivity index (χ3v) is 2.94. The summed E-state index contributed by atoms with van der Waals surface area (Å²) in [5.74, 6) is 0. The Morgan fingerprint density at radius 2 is 2.06 bits per heavy atom. The molecule has 0 atom stereocenters. The van der Waals surface area contributed by atoms with Crippen LogP contribution in [-0.2, 0) is 0 Å². The monoisotopic (exact) mass is 216 g/mol. The normalized spacial score (nSPS) is 16.9. The van der Waals surface area contributed by atoms with Crippen LogP contribution in [0.5, 0.6) is 0 Å². The summed E-state index contributed by atoms with van der Waals surface area (Å²) in [7, 11) is 0. The molecule has 0 amide bonds. The van der Waals surface area contributed by atoms with E-state index in [0.717, 1.165) is 19.6 Å². The fourth-order valence-electron chi connectivity index (χ4n) is 2.10. The highest BCUT2D eigenvalue weighted by atomic mass is 15.1. The maximum Gasteiger partial charge on any atom is 0.0340 e. The summed E-state index contributed by atoms with van der Waals surface area (Å²) < 4.78 is 0. The highest BCUT2D eigenvalue weighted by Gasteiger charge is 2.08. The first kappa shape index (κ1) is 11.2. The van der Waals surface area contributed by atoms with Crippen LogP contribution in [0.1, 0.15) is 13.3 Å². The number of anilines is 1. The summed E-state index contributed by atoms with van der Waals surface area (Å²) in [6, 6.07) is 10.4. The zero-order valence-corrected chi connectivity index (χ0v) is 9.95. The van der Waals surface area contributed by atoms with Crippen LogP contribution in [0.25, 0.3) is 0 Å². The summed E-state index contributed by atoms with van der Waals surface area (Å²) in [5, 5.41) is 3.45. The highest BCUT2D eigenvalue weighted by molar-refractivity contribution is 5.42. The molecule has 0 saturated heterocycles. The number of hydrogen-bond acceptors (Lipinski definition) is 2. The summed E-state index contributed by atoms with van der Waals surface area (Å²) in [4.78, 5) is 2.51. The van der Waals surface area contributed by atoms with Gasteiger partial charge in [-0.2, -0.15) is 0 Å². The lowest BCUT2D eigenvalue weighted by molar-refractivity contribution is 0.301. The van der Waals surface area contributed by atoms with Gasteiger partial charge in [-0.3, -0.25) is 4.90 Å². The molecular weight excluding hydrogens is 196 g/mol. The predicted octanol–water partition coefficient (Wildman–Crippen LogP) is 2.75. The Morgan fingerprint density at radius 1 is 1.25 bits per heavy atom. The maximum absolute atomic E-state index is 3.45. The van der Waals surface area contributed by atoms with Gasteiger partial charge in [0.25, 0.3) is 0 Å². The fraction of sp³-hybridized carbons (Fsp3) is 0.429. The molecule has 1 aliphatic heterocycles. The van der Waals surface area contributed by atoms with Crippen LogP contribution >= 0.6 is 0 Å². The van der Waals surface area contributed by atoms with Gasteiger partial charge in [-0.15, -0.1) is 0 Å². The van der Waals surface area contributed by atoms with Gasteiger partial charge in [-0.1, -0.05) is 29.8 Å². The molecule has 0 aliphatic carbocycles. The van der Waals surface area contributed by atoms with E-state index >= 15 is 0 Å². The van der Waals surface area contributed by atoms with Crippen molar-refractivity contribution in [3.63, 3.8) is 0 Å². The minimum Gasteiger partial charge on any atom is -0.384 e. The van der Waals surface area contributed by atoms with E-state index < -0.39 is 0 Å². The maximum atomic E-state index is 3.45. The fourth-order valence-corrected chi connectivity index (χ4v) is 2.10. The van der Waals surface area contributed by atoms with Crippen LogP contribution < -0.4 is 5.32 Å². The average molecular weight is 216 g/mol. The third-order valence-electron chi connectivity index (χ3n) is 2.94. The Hall–Kier alpha value is -1.28. The lowest BCUT2D eigenvalue weighted by Gasteiger charge is -2.26. The minimum atomic E-state index is 1.03. The topological polar surface area (TPSA) is 15.3 Å². The molecule has 0 bridgehead atoms. The average Bonchev–Trinajstić information content (AvgIpc) is 2.30. The quantitative estimate of drug-likeness (QED) is 0.779. The molecule has 2 heteroatoms. The van der Waals surface area contributed by atoms with E-state index in [1.165, 1.54) is 24.2 Å². The van der Waals surface area contributed by atoms with Crippen molar-refractivity contribution < 1.29 is 0 Å². The lowest BCUT2D eigenvalue weighted by Crippen LogP contribution is -2.33. The van der Waals surface area contributed by atoms with Gasteiger partial charge in [-0.05, 0) is 25.5 Å². The number of nitrogens with one attached hydrogen (secondary N) is 1. The third kappa shape index (κ3) is 3.38. The van der Waals surface area contributed by atoms with Crippen molar-refractivity contribution in [2.24, 2.45) is 0 Å². The minimum absolute atomic E-state index is 1.03. The Labute approximate surface area is 98.0 Å². The molecule has 86 valence electrons. The largest absolute Gasteiger partial charge is 0.384 e. The van der Waals surface area contributed by atoms with Crippen LogP contribution in [0, 0.1) is 0 Å². The van der Waals surface area contributed by atoms with Crippen molar-refractivity contribution in [2.75, 3.05) is 31.5 Å². The molecular formula is C14H20N2. The van der Waals surface area contributed by atoms with Gasteiger partial charge in [0.2, 0.25) is 0 Å². The molecule has 0 fully saturated rings. The second kappa shape index (κ2) is 5.71. The first-order chi connectivity index (χ1) is 7.84. The van der Waals surface area contributed by atoms with Crippen LogP contribution in [0.3, 0.4) is 0 Å². The van der Waals surface area contributed by atoms with Crippen molar-refractivity contribution >= 4 is 5.69 Å². The van der Waals surface area contributed by atoms with Gasteiger partial charge in [0.05, 0.1) is 0 Å². The Bertz CT molecular complexity index is 343. The molecule has 0 radical (unpaired) electrons. The Kier molecular flexibility index (Phi) is 4.00. The lowest BCUT2D eigenvalue weighted by atomic mass is 10.1. The summed E-state index contributed by atoms with van der Waals surface area (Å²) in [6.45, 7) is 6.71. The molecule has 0 saturated carbocycles. The Balaban J connectivity index is 1.71. The standard InChI is InChI=1S/C14H20N2/c1-13-6-5-10-16(12-13)11-9-15-14-7-3-2-4-8-14/h2-4,6-8,15H,5,9-12H2,1H3. The highest BCUT2D eigenvalue weighted by Crippen LogP contribution is 2.08. The number of hydrogen-bond donors (Lipinski definition) is 1. The molecule has 1 aromatic rings. The zero-order valence-electron chi connectivity index (χ0n) is 9.95. The van der Waals surface area contributed by atoms with Gasteiger partial charge in [0.1, 0.15) is 0 Å². The SMILES string of the molecule is CC1=CCCN(CCNc2ccccc2)C1. The molecule has 2 nitrogen and oxygen atoms in total. The van der Waals surface area contributed by atoms with Gasteiger partial charge < -0.3 is 5.32 Å². The number of nitrogens with zero attached hydrogens (tertiary/aromatic N) is 1. The molecule has 1 aliphatic rings. The molecule has 0 unspecified atom stereocenters. The predicted molar refractivity (Wildman–Crippen MR) is 69.7 cm³/mol. The summed E-state index contributed by atoms with van der Waals surface area (Å²) in [6.07, 6.45) is 3.55. The number of benzene rings is 1. The van der Waals surface area contributed by atoms with Gasteiger partial charge in [-0.25, -0.2) is 0 Å². The van der Waals surface area contributed by atoms with Crippen LogP contribution in [0.2, 0.25) is 0 Å². The van der Waals surface area contributed by atoms with Gasteiger partial charge >= 0.3 is 0 Å². The van der Waals surface area contributed by atoms with Gasteiger partial charge in [0.15, 0.2) is 0 Å². The molecule has 2 rings (SSSR count). The zero-order chi connectivity index (χ0) is 11.2. The molecule has 1 aromatic carbocycles. The van der Waals surface area contributed by atoms with Crippen molar-refractivity contribution in [3.05, 3.63) is 42.0 Å². The summed E-state index contributed by atoms with van der Waals surface area (Å²) >= 11 is 0. The van der Waals surface area contributed by atoms with Crippen molar-refractivity contribution in [1.29, 1.82) is 0 Å². The second-order valence-corrected chi connectivity index (χ2v) is 4.41. The molecule has 0 aromatic heterocycles. The van der Waals surface area contributed by atoms with Crippen molar-refractivity contribution in [2.45, 2.75) is 13.3 Å². The van der Waals surface area contributed by atoms with Gasteiger partial charge in [0, 0.05) is 31.9 Å². The van der Waals surface area contributed by atoms with Crippen LogP contribution in [-0.4, -0.2) is 31.1 Å². The first-order valence-electron chi connectivity index (χ1n) is 6.01.